The Labute approximate surface area is 203 Å². The summed E-state index contributed by atoms with van der Waals surface area (Å²) in [6.07, 6.45) is -0.328. The van der Waals surface area contributed by atoms with E-state index in [0.29, 0.717) is 62.1 Å². The molecule has 0 saturated carbocycles. The molecule has 1 aromatic heterocycles. The van der Waals surface area contributed by atoms with Crippen molar-refractivity contribution in [3.8, 4) is 11.4 Å². The van der Waals surface area contributed by atoms with Gasteiger partial charge in [-0.3, -0.25) is 14.3 Å². The number of rotatable bonds is 5. The minimum Gasteiger partial charge on any atom is -0.492 e. The molecule has 4 rings (SSSR count). The smallest absolute Gasteiger partial charge is 0.410 e. The zero-order valence-corrected chi connectivity index (χ0v) is 20.6. The van der Waals surface area contributed by atoms with Gasteiger partial charge >= 0.3 is 6.09 Å². The predicted molar refractivity (Wildman–Crippen MR) is 132 cm³/mol. The van der Waals surface area contributed by atoms with Gasteiger partial charge in [0.2, 0.25) is 0 Å². The first-order valence-electron chi connectivity index (χ1n) is 11.8. The van der Waals surface area contributed by atoms with Crippen LogP contribution >= 0.6 is 0 Å². The molecule has 9 heteroatoms. The van der Waals surface area contributed by atoms with Crippen LogP contribution in [0.4, 0.5) is 9.18 Å². The number of fused-ring (bicyclic) bond motifs is 1. The van der Waals surface area contributed by atoms with Crippen molar-refractivity contribution in [3.63, 3.8) is 0 Å². The molecule has 1 aliphatic heterocycles. The number of para-hydroxylation sites is 2. The first kappa shape index (κ1) is 24.7. The molecule has 0 spiro atoms. The molecule has 1 amide bonds. The summed E-state index contributed by atoms with van der Waals surface area (Å²) in [5.74, 6) is 0.574. The average molecular weight is 483 g/mol. The van der Waals surface area contributed by atoms with Crippen LogP contribution in [0, 0.1) is 5.82 Å². The summed E-state index contributed by atoms with van der Waals surface area (Å²) in [6.45, 7) is 10.4. The average Bonchev–Trinajstić information content (AvgIpc) is 2.80. The first-order valence-corrected chi connectivity index (χ1v) is 11.8. The number of piperazine rings is 1. The van der Waals surface area contributed by atoms with Gasteiger partial charge in [-0.2, -0.15) is 0 Å². The fourth-order valence-electron chi connectivity index (χ4n) is 4.09. The molecule has 35 heavy (non-hydrogen) atoms. The largest absolute Gasteiger partial charge is 0.492 e. The lowest BCUT2D eigenvalue weighted by Crippen LogP contribution is -2.50. The van der Waals surface area contributed by atoms with E-state index >= 15 is 0 Å². The molecule has 186 valence electrons. The molecule has 0 atom stereocenters. The number of ether oxygens (including phenoxy) is 2. The topological polar surface area (TPSA) is 76.9 Å². The third kappa shape index (κ3) is 5.62. The number of carbonyl (C=O) groups is 1. The molecule has 1 fully saturated rings. The fraction of sp³-hybridized carbons (Fsp3) is 0.423. The van der Waals surface area contributed by atoms with Gasteiger partial charge in [0.1, 0.15) is 23.0 Å². The Morgan fingerprint density at radius 3 is 2.49 bits per heavy atom. The van der Waals surface area contributed by atoms with E-state index in [9.17, 15) is 14.0 Å². The highest BCUT2D eigenvalue weighted by Gasteiger charge is 2.27. The summed E-state index contributed by atoms with van der Waals surface area (Å²) in [4.78, 5) is 34.6. The van der Waals surface area contributed by atoms with E-state index < -0.39 is 11.4 Å². The van der Waals surface area contributed by atoms with Gasteiger partial charge in [-0.05, 0) is 58.0 Å². The quantitative estimate of drug-likeness (QED) is 0.548. The molecule has 1 aliphatic rings. The van der Waals surface area contributed by atoms with Gasteiger partial charge in [-0.1, -0.05) is 12.1 Å². The molecule has 0 aliphatic carbocycles. The number of amides is 1. The number of aromatic nitrogens is 2. The Kier molecular flexibility index (Phi) is 7.07. The Hall–Kier alpha value is -3.46. The molecular weight excluding hydrogens is 451 g/mol. The minimum absolute atomic E-state index is 0.204. The van der Waals surface area contributed by atoms with E-state index in [1.165, 1.54) is 22.8 Å². The predicted octanol–water partition coefficient (Wildman–Crippen LogP) is 3.98. The van der Waals surface area contributed by atoms with Crippen molar-refractivity contribution in [1.29, 1.82) is 0 Å². The lowest BCUT2D eigenvalue weighted by atomic mass is 10.2. The van der Waals surface area contributed by atoms with Crippen LogP contribution in [0.2, 0.25) is 0 Å². The van der Waals surface area contributed by atoms with Crippen LogP contribution in [-0.2, 0) is 11.3 Å². The van der Waals surface area contributed by atoms with Crippen molar-refractivity contribution in [2.45, 2.75) is 39.8 Å². The molecule has 3 aromatic rings. The van der Waals surface area contributed by atoms with Crippen LogP contribution in [-0.4, -0.2) is 63.8 Å². The Bertz CT molecular complexity index is 1280. The van der Waals surface area contributed by atoms with Crippen molar-refractivity contribution < 1.29 is 18.7 Å². The van der Waals surface area contributed by atoms with E-state index in [0.717, 1.165) is 0 Å². The van der Waals surface area contributed by atoms with Gasteiger partial charge < -0.3 is 14.4 Å². The van der Waals surface area contributed by atoms with Crippen molar-refractivity contribution in [3.05, 3.63) is 64.5 Å². The molecule has 2 heterocycles. The van der Waals surface area contributed by atoms with E-state index in [1.54, 1.807) is 17.0 Å². The Morgan fingerprint density at radius 1 is 1.09 bits per heavy atom. The molecule has 1 saturated heterocycles. The van der Waals surface area contributed by atoms with Crippen LogP contribution in [0.5, 0.6) is 5.75 Å². The highest BCUT2D eigenvalue weighted by Crippen LogP contribution is 2.24. The third-order valence-corrected chi connectivity index (χ3v) is 5.69. The fourth-order valence-corrected chi connectivity index (χ4v) is 4.09. The normalized spacial score (nSPS) is 14.8. The summed E-state index contributed by atoms with van der Waals surface area (Å²) in [5, 5.41) is 0.204. The van der Waals surface area contributed by atoms with Crippen molar-refractivity contribution in [1.82, 2.24) is 19.4 Å². The van der Waals surface area contributed by atoms with Gasteiger partial charge in [-0.25, -0.2) is 14.2 Å². The molecule has 8 nitrogen and oxygen atoms in total. The van der Waals surface area contributed by atoms with E-state index in [2.05, 4.69) is 4.90 Å². The zero-order chi connectivity index (χ0) is 25.2. The highest BCUT2D eigenvalue weighted by molar-refractivity contribution is 5.78. The van der Waals surface area contributed by atoms with Gasteiger partial charge in [-0.15, -0.1) is 0 Å². The zero-order valence-electron chi connectivity index (χ0n) is 20.6. The summed E-state index contributed by atoms with van der Waals surface area (Å²) in [6, 6.07) is 11.3. The van der Waals surface area contributed by atoms with Crippen LogP contribution in [0.15, 0.2) is 47.3 Å². The summed E-state index contributed by atoms with van der Waals surface area (Å²) in [7, 11) is 0. The Balaban J connectivity index is 1.67. The SMILES string of the molecule is CCOc1ccccc1-n1c(CN2CCN(C(=O)OC(C)(C)C)CC2)nc2ccc(F)cc2c1=O. The van der Waals surface area contributed by atoms with E-state index in [1.807, 2.05) is 39.8 Å². The molecular formula is C26H31FN4O4. The van der Waals surface area contributed by atoms with E-state index in [-0.39, 0.29) is 17.0 Å². The standard InChI is InChI=1S/C26H31FN4O4/c1-5-34-22-9-7-6-8-21(22)31-23(28-20-11-10-18(27)16-19(20)24(31)32)17-29-12-14-30(15-13-29)25(33)35-26(2,3)4/h6-11,16H,5,12-15,17H2,1-4H3. The maximum atomic E-state index is 14.0. The van der Waals surface area contributed by atoms with Crippen LogP contribution in [0.3, 0.4) is 0 Å². The monoisotopic (exact) mass is 482 g/mol. The first-order chi connectivity index (χ1) is 16.7. The molecule has 0 radical (unpaired) electrons. The molecule has 0 unspecified atom stereocenters. The summed E-state index contributed by atoms with van der Waals surface area (Å²) < 4.78 is 26.7. The van der Waals surface area contributed by atoms with Crippen LogP contribution < -0.4 is 10.3 Å². The van der Waals surface area contributed by atoms with Gasteiger partial charge in [0.15, 0.2) is 0 Å². The number of benzene rings is 2. The molecule has 2 aromatic carbocycles. The molecule has 0 bridgehead atoms. The van der Waals surface area contributed by atoms with Crippen molar-refractivity contribution in [2.24, 2.45) is 0 Å². The number of nitrogens with zero attached hydrogens (tertiary/aromatic N) is 4. The number of carbonyl (C=O) groups excluding carboxylic acids is 1. The summed E-state index contributed by atoms with van der Waals surface area (Å²) in [5.41, 5.74) is 0.0839. The number of halogens is 1. The third-order valence-electron chi connectivity index (χ3n) is 5.69. The van der Waals surface area contributed by atoms with Crippen molar-refractivity contribution in [2.75, 3.05) is 32.8 Å². The van der Waals surface area contributed by atoms with E-state index in [4.69, 9.17) is 14.5 Å². The second kappa shape index (κ2) is 10.0. The second-order valence-corrected chi connectivity index (χ2v) is 9.47. The maximum Gasteiger partial charge on any atom is 0.410 e. The van der Waals surface area contributed by atoms with Crippen molar-refractivity contribution >= 4 is 17.0 Å². The van der Waals surface area contributed by atoms with Gasteiger partial charge in [0.05, 0.1) is 29.7 Å². The molecule has 0 N–H and O–H groups in total. The number of hydrogen-bond donors (Lipinski definition) is 0. The highest BCUT2D eigenvalue weighted by atomic mass is 19.1. The maximum absolute atomic E-state index is 14.0. The van der Waals surface area contributed by atoms with Crippen LogP contribution in [0.25, 0.3) is 16.6 Å². The van der Waals surface area contributed by atoms with Gasteiger partial charge in [0, 0.05) is 26.2 Å². The van der Waals surface area contributed by atoms with Crippen LogP contribution in [0.1, 0.15) is 33.5 Å². The lowest BCUT2D eigenvalue weighted by Gasteiger charge is -2.35. The Morgan fingerprint density at radius 2 is 1.80 bits per heavy atom. The number of hydrogen-bond acceptors (Lipinski definition) is 6. The second-order valence-electron chi connectivity index (χ2n) is 9.47. The minimum atomic E-state index is -0.549. The van der Waals surface area contributed by atoms with Gasteiger partial charge in [0.25, 0.3) is 5.56 Å². The summed E-state index contributed by atoms with van der Waals surface area (Å²) >= 11 is 0. The lowest BCUT2D eigenvalue weighted by molar-refractivity contribution is 0.0136.